The van der Waals surface area contributed by atoms with Crippen LogP contribution in [0.5, 0.6) is 5.75 Å². The van der Waals surface area contributed by atoms with E-state index >= 15 is 0 Å². The Bertz CT molecular complexity index is 653. The molecule has 1 fully saturated rings. The van der Waals surface area contributed by atoms with Crippen molar-refractivity contribution in [3.05, 3.63) is 24.3 Å². The topological polar surface area (TPSA) is 82.1 Å². The number of para-hydroxylation sites is 2. The molecule has 1 amide bonds. The van der Waals surface area contributed by atoms with Gasteiger partial charge in [-0.1, -0.05) is 19.1 Å². The Labute approximate surface area is 146 Å². The van der Waals surface area contributed by atoms with Crippen molar-refractivity contribution in [3.63, 3.8) is 0 Å². The molecule has 1 aromatic carbocycles. The monoisotopic (exact) mass is 349 g/mol. The second-order valence-electron chi connectivity index (χ2n) is 5.71. The largest absolute Gasteiger partial charge is 0.495 e. The van der Waals surface area contributed by atoms with Crippen molar-refractivity contribution in [2.75, 3.05) is 25.2 Å². The maximum atomic E-state index is 12.9. The van der Waals surface area contributed by atoms with Gasteiger partial charge in [-0.3, -0.25) is 9.69 Å². The summed E-state index contributed by atoms with van der Waals surface area (Å²) in [6.45, 7) is 5.12. The lowest BCUT2D eigenvalue weighted by atomic mass is 9.85. The maximum absolute atomic E-state index is 12.9. The number of nitrogens with zero attached hydrogens (tertiary/aromatic N) is 1. The molecule has 7 nitrogen and oxygen atoms in total. The van der Waals surface area contributed by atoms with E-state index in [9.17, 15) is 14.4 Å². The van der Waals surface area contributed by atoms with Gasteiger partial charge in [0.25, 0.3) is 0 Å². The van der Waals surface area contributed by atoms with Gasteiger partial charge in [-0.25, -0.2) is 9.59 Å². The highest BCUT2D eigenvalue weighted by Gasteiger charge is 2.65. The lowest BCUT2D eigenvalue weighted by Crippen LogP contribution is -2.62. The summed E-state index contributed by atoms with van der Waals surface area (Å²) in [6.07, 6.45) is 0.0235. The van der Waals surface area contributed by atoms with Crippen LogP contribution in [0.15, 0.2) is 24.3 Å². The molecular formula is C18H23NO6. The molecule has 0 bridgehead atoms. The zero-order valence-corrected chi connectivity index (χ0v) is 14.9. The van der Waals surface area contributed by atoms with Gasteiger partial charge >= 0.3 is 11.9 Å². The highest BCUT2D eigenvalue weighted by molar-refractivity contribution is 6.19. The first kappa shape index (κ1) is 18.8. The number of hydrogen-bond acceptors (Lipinski definition) is 6. The summed E-state index contributed by atoms with van der Waals surface area (Å²) < 4.78 is 15.6. The first-order valence-electron chi connectivity index (χ1n) is 8.25. The second kappa shape index (κ2) is 7.55. The number of benzene rings is 1. The van der Waals surface area contributed by atoms with Gasteiger partial charge in [-0.2, -0.15) is 0 Å². The van der Waals surface area contributed by atoms with Crippen LogP contribution in [0.3, 0.4) is 0 Å². The quantitative estimate of drug-likeness (QED) is 0.576. The normalized spacial score (nSPS) is 18.8. The molecule has 1 aromatic rings. The predicted molar refractivity (Wildman–Crippen MR) is 90.3 cm³/mol. The summed E-state index contributed by atoms with van der Waals surface area (Å²) in [4.78, 5) is 39.6. The average Bonchev–Trinajstić information content (AvgIpc) is 2.86. The van der Waals surface area contributed by atoms with Crippen molar-refractivity contribution in [3.8, 4) is 5.75 Å². The number of hydrogen-bond donors (Lipinski definition) is 0. The molecular weight excluding hydrogens is 326 g/mol. The van der Waals surface area contributed by atoms with E-state index in [1.54, 1.807) is 45.0 Å². The van der Waals surface area contributed by atoms with E-state index < -0.39 is 23.4 Å². The standard InChI is InChI=1S/C18H23NO6/c1-5-24-16(21)18(17(22)25-6-2)12(3)11-15(20)19(18)13-9-7-8-10-14(13)23-4/h7-10,12H,5-6,11H2,1-4H3. The molecule has 1 aliphatic heterocycles. The Hall–Kier alpha value is -2.57. The fourth-order valence-electron chi connectivity index (χ4n) is 3.21. The number of ether oxygens (including phenoxy) is 3. The van der Waals surface area contributed by atoms with E-state index in [1.165, 1.54) is 12.0 Å². The third-order valence-electron chi connectivity index (χ3n) is 4.30. The maximum Gasteiger partial charge on any atom is 0.344 e. The minimum absolute atomic E-state index is 0.0235. The van der Waals surface area contributed by atoms with Crippen molar-refractivity contribution >= 4 is 23.5 Å². The third-order valence-corrected chi connectivity index (χ3v) is 4.30. The van der Waals surface area contributed by atoms with Crippen molar-refractivity contribution in [2.24, 2.45) is 5.92 Å². The van der Waals surface area contributed by atoms with Crippen molar-refractivity contribution < 1.29 is 28.6 Å². The number of esters is 2. The summed E-state index contributed by atoms with van der Waals surface area (Å²) in [7, 11) is 1.46. The van der Waals surface area contributed by atoms with Gasteiger partial charge in [0.15, 0.2) is 0 Å². The summed E-state index contributed by atoms with van der Waals surface area (Å²) in [5, 5.41) is 0. The molecule has 1 atom stereocenters. The van der Waals surface area contributed by atoms with Crippen LogP contribution < -0.4 is 9.64 Å². The van der Waals surface area contributed by atoms with Gasteiger partial charge in [0.2, 0.25) is 11.4 Å². The Morgan fingerprint density at radius 2 is 1.72 bits per heavy atom. The van der Waals surface area contributed by atoms with Crippen LogP contribution in [0.2, 0.25) is 0 Å². The van der Waals surface area contributed by atoms with Gasteiger partial charge in [0, 0.05) is 12.3 Å². The van der Waals surface area contributed by atoms with E-state index in [0.29, 0.717) is 11.4 Å². The summed E-state index contributed by atoms with van der Waals surface area (Å²) in [5.74, 6) is -2.18. The Morgan fingerprint density at radius 3 is 2.24 bits per heavy atom. The van der Waals surface area contributed by atoms with Crippen LogP contribution in [0, 0.1) is 5.92 Å². The van der Waals surface area contributed by atoms with E-state index in [1.807, 2.05) is 0 Å². The molecule has 0 aromatic heterocycles. The third kappa shape index (κ3) is 2.94. The second-order valence-corrected chi connectivity index (χ2v) is 5.71. The number of rotatable bonds is 6. The molecule has 0 radical (unpaired) electrons. The van der Waals surface area contributed by atoms with Crippen molar-refractivity contribution in [1.29, 1.82) is 0 Å². The summed E-state index contributed by atoms with van der Waals surface area (Å²) in [6, 6.07) is 6.73. The Balaban J connectivity index is 2.69. The first-order valence-corrected chi connectivity index (χ1v) is 8.25. The summed E-state index contributed by atoms with van der Waals surface area (Å²) in [5.41, 5.74) is -1.53. The number of amides is 1. The lowest BCUT2D eigenvalue weighted by Gasteiger charge is -2.36. The zero-order chi connectivity index (χ0) is 18.6. The number of anilines is 1. The lowest BCUT2D eigenvalue weighted by molar-refractivity contribution is -0.166. The number of methoxy groups -OCH3 is 1. The molecule has 1 unspecified atom stereocenters. The van der Waals surface area contributed by atoms with Crippen LogP contribution in [-0.4, -0.2) is 43.7 Å². The zero-order valence-electron chi connectivity index (χ0n) is 14.9. The van der Waals surface area contributed by atoms with Crippen LogP contribution in [0.25, 0.3) is 0 Å². The Kier molecular flexibility index (Phi) is 5.66. The fraction of sp³-hybridized carbons (Fsp3) is 0.500. The van der Waals surface area contributed by atoms with Crippen LogP contribution >= 0.6 is 0 Å². The Morgan fingerprint density at radius 1 is 1.16 bits per heavy atom. The van der Waals surface area contributed by atoms with Gasteiger partial charge in [-0.05, 0) is 26.0 Å². The van der Waals surface area contributed by atoms with Gasteiger partial charge in [0.05, 0.1) is 26.0 Å². The van der Waals surface area contributed by atoms with E-state index in [2.05, 4.69) is 0 Å². The van der Waals surface area contributed by atoms with E-state index in [4.69, 9.17) is 14.2 Å². The van der Waals surface area contributed by atoms with E-state index in [0.717, 1.165) is 0 Å². The predicted octanol–water partition coefficient (Wildman–Crippen LogP) is 1.93. The molecule has 0 aliphatic carbocycles. The molecule has 0 saturated carbocycles. The molecule has 0 N–H and O–H groups in total. The van der Waals surface area contributed by atoms with Crippen LogP contribution in [0.1, 0.15) is 27.2 Å². The molecule has 7 heteroatoms. The highest BCUT2D eigenvalue weighted by atomic mass is 16.6. The minimum Gasteiger partial charge on any atom is -0.495 e. The molecule has 1 heterocycles. The smallest absolute Gasteiger partial charge is 0.344 e. The average molecular weight is 349 g/mol. The van der Waals surface area contributed by atoms with Gasteiger partial charge in [0.1, 0.15) is 5.75 Å². The SMILES string of the molecule is CCOC(=O)C1(C(=O)OCC)C(C)CC(=O)N1c1ccccc1OC. The minimum atomic E-state index is -1.86. The molecule has 25 heavy (non-hydrogen) atoms. The number of carbonyl (C=O) groups excluding carboxylic acids is 3. The van der Waals surface area contributed by atoms with Crippen LogP contribution in [0.4, 0.5) is 5.69 Å². The molecule has 136 valence electrons. The fourth-order valence-corrected chi connectivity index (χ4v) is 3.21. The van der Waals surface area contributed by atoms with Gasteiger partial charge in [-0.15, -0.1) is 0 Å². The molecule has 1 aliphatic rings. The van der Waals surface area contributed by atoms with Crippen molar-refractivity contribution in [1.82, 2.24) is 0 Å². The first-order chi connectivity index (χ1) is 11.9. The molecule has 1 saturated heterocycles. The summed E-state index contributed by atoms with van der Waals surface area (Å²) >= 11 is 0. The number of carbonyl (C=O) groups is 3. The van der Waals surface area contributed by atoms with Crippen LogP contribution in [-0.2, 0) is 23.9 Å². The molecule has 0 spiro atoms. The van der Waals surface area contributed by atoms with E-state index in [-0.39, 0.29) is 25.5 Å². The van der Waals surface area contributed by atoms with Crippen molar-refractivity contribution in [2.45, 2.75) is 32.7 Å². The molecule has 2 rings (SSSR count). The van der Waals surface area contributed by atoms with Gasteiger partial charge < -0.3 is 14.2 Å². The highest BCUT2D eigenvalue weighted by Crippen LogP contribution is 2.44.